The Hall–Kier alpha value is -2.94. The number of halogens is 4. The van der Waals surface area contributed by atoms with Gasteiger partial charge in [-0.2, -0.15) is 13.2 Å². The molecular formula is C23H24F4N4O. The van der Waals surface area contributed by atoms with E-state index < -0.39 is 17.9 Å². The van der Waals surface area contributed by atoms with Crippen LogP contribution in [0.2, 0.25) is 0 Å². The van der Waals surface area contributed by atoms with Crippen LogP contribution in [-0.4, -0.2) is 52.9 Å². The van der Waals surface area contributed by atoms with Gasteiger partial charge in [0.25, 0.3) is 0 Å². The van der Waals surface area contributed by atoms with E-state index in [1.54, 1.807) is 42.1 Å². The highest BCUT2D eigenvalue weighted by molar-refractivity contribution is 5.83. The molecule has 170 valence electrons. The molecule has 1 N–H and O–H groups in total. The minimum absolute atomic E-state index is 0.0349. The minimum atomic E-state index is -4.50. The Morgan fingerprint density at radius 2 is 1.91 bits per heavy atom. The third-order valence-electron chi connectivity index (χ3n) is 5.90. The van der Waals surface area contributed by atoms with Gasteiger partial charge in [-0.05, 0) is 62.8 Å². The van der Waals surface area contributed by atoms with E-state index in [1.807, 2.05) is 0 Å². The molecule has 1 saturated heterocycles. The van der Waals surface area contributed by atoms with Gasteiger partial charge in [0.05, 0.1) is 11.0 Å². The number of benzene rings is 1. The van der Waals surface area contributed by atoms with E-state index in [4.69, 9.17) is 0 Å². The van der Waals surface area contributed by atoms with Crippen molar-refractivity contribution in [1.82, 2.24) is 19.8 Å². The second-order valence-electron chi connectivity index (χ2n) is 8.39. The Bertz CT molecular complexity index is 1110. The second-order valence-corrected chi connectivity index (χ2v) is 8.39. The summed E-state index contributed by atoms with van der Waals surface area (Å²) in [7, 11) is 3.60. The lowest BCUT2D eigenvalue weighted by atomic mass is 9.93. The first-order chi connectivity index (χ1) is 15.1. The topological polar surface area (TPSA) is 52.2 Å². The molecule has 1 aliphatic heterocycles. The van der Waals surface area contributed by atoms with Crippen molar-refractivity contribution in [3.8, 4) is 0 Å². The van der Waals surface area contributed by atoms with Crippen molar-refractivity contribution in [2.24, 2.45) is 0 Å². The van der Waals surface area contributed by atoms with E-state index in [1.165, 1.54) is 18.2 Å². The number of aromatic nitrogens is 2. The predicted molar refractivity (Wildman–Crippen MR) is 112 cm³/mol. The smallest absolute Gasteiger partial charge is 0.357 e. The van der Waals surface area contributed by atoms with E-state index in [2.05, 4.69) is 9.97 Å². The zero-order valence-electron chi connectivity index (χ0n) is 17.8. The lowest BCUT2D eigenvalue weighted by Crippen LogP contribution is -2.45. The Morgan fingerprint density at radius 1 is 1.19 bits per heavy atom. The zero-order chi connectivity index (χ0) is 23.0. The first-order valence-electron chi connectivity index (χ1n) is 10.4. The normalized spacial score (nSPS) is 18.3. The molecule has 3 aromatic rings. The summed E-state index contributed by atoms with van der Waals surface area (Å²) in [5.41, 5.74) is 1.35. The van der Waals surface area contributed by atoms with Crippen molar-refractivity contribution >= 4 is 16.9 Å². The molecule has 0 spiro atoms. The molecule has 1 aliphatic rings. The molecule has 32 heavy (non-hydrogen) atoms. The first-order valence-corrected chi connectivity index (χ1v) is 10.4. The van der Waals surface area contributed by atoms with Gasteiger partial charge in [-0.3, -0.25) is 9.69 Å². The van der Waals surface area contributed by atoms with Gasteiger partial charge >= 0.3 is 6.18 Å². The van der Waals surface area contributed by atoms with Gasteiger partial charge in [0, 0.05) is 24.7 Å². The summed E-state index contributed by atoms with van der Waals surface area (Å²) in [5, 5.41) is 0. The summed E-state index contributed by atoms with van der Waals surface area (Å²) in [5.74, 6) is -0.481. The fraction of sp³-hybridized carbons (Fsp3) is 0.391. The van der Waals surface area contributed by atoms with E-state index >= 15 is 0 Å². The van der Waals surface area contributed by atoms with Gasteiger partial charge in [-0.25, -0.2) is 9.37 Å². The number of amides is 1. The number of hydrogen-bond donors (Lipinski definition) is 1. The number of piperidine rings is 1. The van der Waals surface area contributed by atoms with Crippen LogP contribution in [0.4, 0.5) is 17.6 Å². The van der Waals surface area contributed by atoms with Crippen molar-refractivity contribution < 1.29 is 22.4 Å². The third kappa shape index (κ3) is 4.48. The molecule has 0 radical (unpaired) electrons. The molecule has 2 aromatic heterocycles. The number of alkyl halides is 3. The number of rotatable bonds is 4. The van der Waals surface area contributed by atoms with Crippen LogP contribution < -0.4 is 0 Å². The fourth-order valence-corrected chi connectivity index (χ4v) is 4.32. The van der Waals surface area contributed by atoms with Crippen LogP contribution in [0.1, 0.15) is 41.8 Å². The van der Waals surface area contributed by atoms with Gasteiger partial charge in [0.15, 0.2) is 0 Å². The number of nitrogens with one attached hydrogen (secondary N) is 1. The molecule has 0 saturated carbocycles. The van der Waals surface area contributed by atoms with E-state index in [-0.39, 0.29) is 23.2 Å². The lowest BCUT2D eigenvalue weighted by molar-refractivity contribution is -0.141. The maximum atomic E-state index is 13.4. The average Bonchev–Trinajstić information content (AvgIpc) is 3.18. The Kier molecular flexibility index (Phi) is 5.94. The molecule has 1 amide bonds. The first kappa shape index (κ1) is 22.3. The largest absolute Gasteiger partial charge is 0.433 e. The van der Waals surface area contributed by atoms with Crippen LogP contribution >= 0.6 is 0 Å². The number of likely N-dealkylation sites (N-methyl/N-ethyl adjacent to an activating group) is 1. The van der Waals surface area contributed by atoms with Crippen LogP contribution in [0.15, 0.2) is 42.5 Å². The Morgan fingerprint density at radius 3 is 2.56 bits per heavy atom. The Balaban J connectivity index is 1.56. The molecule has 1 aromatic carbocycles. The predicted octanol–water partition coefficient (Wildman–Crippen LogP) is 4.73. The molecule has 5 nitrogen and oxygen atoms in total. The van der Waals surface area contributed by atoms with E-state index in [0.29, 0.717) is 24.2 Å². The van der Waals surface area contributed by atoms with Crippen LogP contribution in [-0.2, 0) is 11.0 Å². The SMILES string of the molecule is CN(C)C(C(=O)N1CCCC(c2cc3nc(C(F)(F)F)ccc3[nH]2)C1)c1ccc(F)cc1. The third-order valence-corrected chi connectivity index (χ3v) is 5.90. The highest BCUT2D eigenvalue weighted by Gasteiger charge is 2.34. The molecule has 0 bridgehead atoms. The average molecular weight is 448 g/mol. The van der Waals surface area contributed by atoms with Gasteiger partial charge in [-0.1, -0.05) is 12.1 Å². The maximum absolute atomic E-state index is 13.4. The van der Waals surface area contributed by atoms with Gasteiger partial charge < -0.3 is 9.88 Å². The second kappa shape index (κ2) is 8.54. The quantitative estimate of drug-likeness (QED) is 0.587. The van der Waals surface area contributed by atoms with Crippen molar-refractivity contribution in [2.45, 2.75) is 31.0 Å². The van der Waals surface area contributed by atoms with Gasteiger partial charge in [0.2, 0.25) is 5.91 Å². The number of nitrogens with zero attached hydrogens (tertiary/aromatic N) is 3. The molecule has 2 atom stereocenters. The highest BCUT2D eigenvalue weighted by atomic mass is 19.4. The molecule has 1 fully saturated rings. The number of H-pyrrole nitrogens is 1. The summed E-state index contributed by atoms with van der Waals surface area (Å²) in [4.78, 5) is 23.9. The standard InChI is InChI=1S/C23H24F4N4O/c1-30(2)21(14-5-7-16(24)8-6-14)22(32)31-11-3-4-15(13-31)18-12-19-17(28-18)9-10-20(29-19)23(25,26)27/h5-10,12,15,21,28H,3-4,11,13H2,1-2H3. The summed E-state index contributed by atoms with van der Waals surface area (Å²) >= 11 is 0. The maximum Gasteiger partial charge on any atom is 0.433 e. The Labute approximate surface area is 183 Å². The molecule has 3 heterocycles. The molecule has 9 heteroatoms. The molecule has 4 rings (SSSR count). The van der Waals surface area contributed by atoms with Crippen LogP contribution in [0.3, 0.4) is 0 Å². The van der Waals surface area contributed by atoms with E-state index in [9.17, 15) is 22.4 Å². The number of hydrogen-bond acceptors (Lipinski definition) is 3. The molecular weight excluding hydrogens is 424 g/mol. The van der Waals surface area contributed by atoms with Crippen LogP contribution in [0.5, 0.6) is 0 Å². The van der Waals surface area contributed by atoms with Crippen molar-refractivity contribution in [1.29, 1.82) is 0 Å². The van der Waals surface area contributed by atoms with Crippen LogP contribution in [0, 0.1) is 5.82 Å². The van der Waals surface area contributed by atoms with Crippen LogP contribution in [0.25, 0.3) is 11.0 Å². The number of likely N-dealkylation sites (tertiary alicyclic amines) is 1. The van der Waals surface area contributed by atoms with Crippen molar-refractivity contribution in [3.05, 3.63) is 65.2 Å². The van der Waals surface area contributed by atoms with E-state index in [0.717, 1.165) is 24.6 Å². The number of carbonyl (C=O) groups is 1. The summed E-state index contributed by atoms with van der Waals surface area (Å²) in [6, 6.07) is 9.35. The number of aromatic amines is 1. The lowest BCUT2D eigenvalue weighted by Gasteiger charge is -2.36. The summed E-state index contributed by atoms with van der Waals surface area (Å²) in [6.07, 6.45) is -2.91. The molecule has 2 unspecified atom stereocenters. The number of pyridine rings is 1. The number of carbonyl (C=O) groups excluding carboxylic acids is 1. The minimum Gasteiger partial charge on any atom is -0.357 e. The van der Waals surface area contributed by atoms with Crippen molar-refractivity contribution in [3.63, 3.8) is 0 Å². The molecule has 0 aliphatic carbocycles. The van der Waals surface area contributed by atoms with Crippen molar-refractivity contribution in [2.75, 3.05) is 27.2 Å². The number of fused-ring (bicyclic) bond motifs is 1. The highest BCUT2D eigenvalue weighted by Crippen LogP contribution is 2.33. The zero-order valence-corrected chi connectivity index (χ0v) is 17.8. The fourth-order valence-electron chi connectivity index (χ4n) is 4.32. The van der Waals surface area contributed by atoms with Gasteiger partial charge in [0.1, 0.15) is 17.6 Å². The summed E-state index contributed by atoms with van der Waals surface area (Å²) < 4.78 is 52.3. The van der Waals surface area contributed by atoms with Gasteiger partial charge in [-0.15, -0.1) is 0 Å². The summed E-state index contributed by atoms with van der Waals surface area (Å²) in [6.45, 7) is 1.04. The monoisotopic (exact) mass is 448 g/mol.